The van der Waals surface area contributed by atoms with Crippen LogP contribution in [0.15, 0.2) is 28.2 Å². The van der Waals surface area contributed by atoms with Crippen LogP contribution in [0.1, 0.15) is 15.2 Å². The minimum Gasteiger partial charge on any atom is -0.397 e. The molecule has 0 unspecified atom stereocenters. The molecule has 0 saturated heterocycles. The molecule has 0 saturated carbocycles. The third kappa shape index (κ3) is 3.68. The van der Waals surface area contributed by atoms with Crippen LogP contribution in [0.25, 0.3) is 0 Å². The van der Waals surface area contributed by atoms with E-state index in [9.17, 15) is 4.79 Å². The van der Waals surface area contributed by atoms with Gasteiger partial charge in [0.15, 0.2) is 0 Å². The van der Waals surface area contributed by atoms with E-state index in [1.807, 2.05) is 6.07 Å². The predicted molar refractivity (Wildman–Crippen MR) is 81.4 cm³/mol. The van der Waals surface area contributed by atoms with Gasteiger partial charge in [-0.3, -0.25) is 4.79 Å². The number of anilines is 2. The molecule has 0 aliphatic carbocycles. The van der Waals surface area contributed by atoms with Crippen LogP contribution in [0, 0.1) is 0 Å². The van der Waals surface area contributed by atoms with Gasteiger partial charge in [-0.15, -0.1) is 11.3 Å². The summed E-state index contributed by atoms with van der Waals surface area (Å²) in [6.07, 6.45) is 2.34. The summed E-state index contributed by atoms with van der Waals surface area (Å²) in [5.41, 5.74) is 11.6. The van der Waals surface area contributed by atoms with E-state index in [-0.39, 0.29) is 0 Å². The van der Waals surface area contributed by atoms with Gasteiger partial charge in [0, 0.05) is 11.4 Å². The maximum atomic E-state index is 11.3. The van der Waals surface area contributed by atoms with E-state index < -0.39 is 5.91 Å². The summed E-state index contributed by atoms with van der Waals surface area (Å²) in [4.78, 5) is 16.6. The van der Waals surface area contributed by atoms with E-state index in [2.05, 4.69) is 32.3 Å². The van der Waals surface area contributed by atoms with Gasteiger partial charge in [0.2, 0.25) is 0 Å². The van der Waals surface area contributed by atoms with Crippen LogP contribution < -0.4 is 16.8 Å². The van der Waals surface area contributed by atoms with Crippen molar-refractivity contribution in [3.8, 4) is 0 Å². The standard InChI is InChI=1S/C12H13BrN4OS/c13-10-2-1-8(19-10)3-4-16-12-9(11(15)18)5-7(14)6-17-12/h1-2,5-6H,3-4,14H2,(H2,15,18)(H,16,17). The number of pyridine rings is 1. The fourth-order valence-corrected chi connectivity index (χ4v) is 3.08. The van der Waals surface area contributed by atoms with E-state index in [1.165, 1.54) is 17.1 Å². The SMILES string of the molecule is NC(=O)c1cc(N)cnc1NCCc1ccc(Br)s1. The molecule has 5 N–H and O–H groups in total. The molecule has 0 aliphatic heterocycles. The molecule has 0 bridgehead atoms. The number of nitrogen functional groups attached to an aromatic ring is 1. The van der Waals surface area contributed by atoms with Gasteiger partial charge < -0.3 is 16.8 Å². The lowest BCUT2D eigenvalue weighted by molar-refractivity contribution is 0.100. The number of amides is 1. The van der Waals surface area contributed by atoms with Gasteiger partial charge in [-0.25, -0.2) is 4.98 Å². The Balaban J connectivity index is 2.01. The number of nitrogens with one attached hydrogen (secondary N) is 1. The zero-order valence-electron chi connectivity index (χ0n) is 10.0. The van der Waals surface area contributed by atoms with Crippen molar-refractivity contribution in [2.24, 2.45) is 5.73 Å². The number of rotatable bonds is 5. The van der Waals surface area contributed by atoms with E-state index in [4.69, 9.17) is 11.5 Å². The Kier molecular flexibility index (Phi) is 4.39. The molecule has 2 heterocycles. The van der Waals surface area contributed by atoms with Crippen LogP contribution >= 0.6 is 27.3 Å². The first-order chi connectivity index (χ1) is 9.06. The number of halogens is 1. The molecular formula is C12H13BrN4OS. The first kappa shape index (κ1) is 13.8. The number of primary amides is 1. The molecule has 2 aromatic rings. The van der Waals surface area contributed by atoms with Crippen molar-refractivity contribution in [3.05, 3.63) is 38.6 Å². The Labute approximate surface area is 123 Å². The molecule has 100 valence electrons. The second-order valence-corrected chi connectivity index (χ2v) is 6.46. The highest BCUT2D eigenvalue weighted by Gasteiger charge is 2.09. The van der Waals surface area contributed by atoms with Gasteiger partial charge in [-0.05, 0) is 40.5 Å². The first-order valence-corrected chi connectivity index (χ1v) is 7.20. The third-order valence-electron chi connectivity index (χ3n) is 2.47. The molecule has 5 nitrogen and oxygen atoms in total. The smallest absolute Gasteiger partial charge is 0.252 e. The summed E-state index contributed by atoms with van der Waals surface area (Å²) in [7, 11) is 0. The number of carbonyl (C=O) groups is 1. The summed E-state index contributed by atoms with van der Waals surface area (Å²) in [5.74, 6) is -0.0708. The van der Waals surface area contributed by atoms with Crippen molar-refractivity contribution >= 4 is 44.7 Å². The summed E-state index contributed by atoms with van der Waals surface area (Å²) in [6.45, 7) is 0.671. The van der Waals surface area contributed by atoms with E-state index in [0.29, 0.717) is 23.6 Å². The lowest BCUT2D eigenvalue weighted by Gasteiger charge is -2.08. The lowest BCUT2D eigenvalue weighted by Crippen LogP contribution is -2.17. The normalized spacial score (nSPS) is 10.4. The van der Waals surface area contributed by atoms with Crippen molar-refractivity contribution in [2.45, 2.75) is 6.42 Å². The number of hydrogen-bond donors (Lipinski definition) is 3. The highest BCUT2D eigenvalue weighted by atomic mass is 79.9. The second kappa shape index (κ2) is 6.03. The largest absolute Gasteiger partial charge is 0.397 e. The molecule has 19 heavy (non-hydrogen) atoms. The maximum Gasteiger partial charge on any atom is 0.252 e. The van der Waals surface area contributed by atoms with Gasteiger partial charge >= 0.3 is 0 Å². The highest BCUT2D eigenvalue weighted by molar-refractivity contribution is 9.11. The molecule has 0 atom stereocenters. The number of nitrogens with two attached hydrogens (primary N) is 2. The van der Waals surface area contributed by atoms with Gasteiger partial charge in [-0.2, -0.15) is 0 Å². The Morgan fingerprint density at radius 3 is 2.89 bits per heavy atom. The molecule has 0 spiro atoms. The van der Waals surface area contributed by atoms with Crippen LogP contribution in [-0.2, 0) is 6.42 Å². The molecule has 0 aliphatic rings. The summed E-state index contributed by atoms with van der Waals surface area (Å²) < 4.78 is 1.10. The number of nitrogens with zero attached hydrogens (tertiary/aromatic N) is 1. The van der Waals surface area contributed by atoms with Crippen LogP contribution in [-0.4, -0.2) is 17.4 Å². The summed E-state index contributed by atoms with van der Waals surface area (Å²) in [5, 5.41) is 3.10. The van der Waals surface area contributed by atoms with Crippen molar-refractivity contribution in [1.82, 2.24) is 4.98 Å². The fourth-order valence-electron chi connectivity index (χ4n) is 1.60. The molecule has 7 heteroatoms. The Morgan fingerprint density at radius 2 is 2.26 bits per heavy atom. The molecule has 2 rings (SSSR count). The van der Waals surface area contributed by atoms with E-state index >= 15 is 0 Å². The van der Waals surface area contributed by atoms with Crippen LogP contribution in [0.5, 0.6) is 0 Å². The molecular weight excluding hydrogens is 328 g/mol. The number of thiophene rings is 1. The van der Waals surface area contributed by atoms with Crippen LogP contribution in [0.4, 0.5) is 11.5 Å². The molecule has 0 fully saturated rings. The quantitative estimate of drug-likeness (QED) is 0.777. The Morgan fingerprint density at radius 1 is 1.47 bits per heavy atom. The zero-order chi connectivity index (χ0) is 13.8. The van der Waals surface area contributed by atoms with Gasteiger partial charge in [-0.1, -0.05) is 0 Å². The molecule has 0 radical (unpaired) electrons. The Bertz CT molecular complexity index is 599. The van der Waals surface area contributed by atoms with Crippen molar-refractivity contribution < 1.29 is 4.79 Å². The molecule has 0 aromatic carbocycles. The van der Waals surface area contributed by atoms with Gasteiger partial charge in [0.1, 0.15) is 5.82 Å². The Hall–Kier alpha value is -1.60. The van der Waals surface area contributed by atoms with Gasteiger partial charge in [0.05, 0.1) is 21.2 Å². The first-order valence-electron chi connectivity index (χ1n) is 5.59. The third-order valence-corrected chi connectivity index (χ3v) is 4.15. The predicted octanol–water partition coefficient (Wildman–Crippen LogP) is 2.24. The highest BCUT2D eigenvalue weighted by Crippen LogP contribution is 2.22. The summed E-state index contributed by atoms with van der Waals surface area (Å²) in [6, 6.07) is 5.59. The van der Waals surface area contributed by atoms with Crippen LogP contribution in [0.3, 0.4) is 0 Å². The van der Waals surface area contributed by atoms with Gasteiger partial charge in [0.25, 0.3) is 5.91 Å². The van der Waals surface area contributed by atoms with Crippen molar-refractivity contribution in [1.29, 1.82) is 0 Å². The second-order valence-electron chi connectivity index (χ2n) is 3.91. The minimum atomic E-state index is -0.541. The molecule has 1 amide bonds. The fraction of sp³-hybridized carbons (Fsp3) is 0.167. The zero-order valence-corrected chi connectivity index (χ0v) is 12.4. The monoisotopic (exact) mass is 340 g/mol. The van der Waals surface area contributed by atoms with Crippen LogP contribution in [0.2, 0.25) is 0 Å². The average Bonchev–Trinajstić information content (AvgIpc) is 2.77. The average molecular weight is 341 g/mol. The lowest BCUT2D eigenvalue weighted by atomic mass is 10.2. The number of aromatic nitrogens is 1. The minimum absolute atomic E-state index is 0.312. The van der Waals surface area contributed by atoms with E-state index in [0.717, 1.165) is 10.2 Å². The van der Waals surface area contributed by atoms with Crippen molar-refractivity contribution in [3.63, 3.8) is 0 Å². The van der Waals surface area contributed by atoms with Crippen molar-refractivity contribution in [2.75, 3.05) is 17.6 Å². The molecule has 2 aromatic heterocycles. The van der Waals surface area contributed by atoms with E-state index in [1.54, 1.807) is 11.3 Å². The summed E-state index contributed by atoms with van der Waals surface area (Å²) >= 11 is 5.10. The topological polar surface area (TPSA) is 94.0 Å². The number of hydrogen-bond acceptors (Lipinski definition) is 5. The maximum absolute atomic E-state index is 11.3. The number of carbonyl (C=O) groups excluding carboxylic acids is 1.